The molecule has 2 aromatic carbocycles. The van der Waals surface area contributed by atoms with Crippen molar-refractivity contribution < 1.29 is 19.1 Å². The standard InChI is InChI=1S/C26H23ClN4O4/c1-16-15-17(2)31(30-16)23-14-13-22(27)24(29-23)26(33)34-18(3)25(32)28-19-9-11-21(12-10-19)35-20-7-5-4-6-8-20/h4-15,18H,1-3H3,(H,28,32). The van der Waals surface area contributed by atoms with Crippen molar-refractivity contribution in [3.8, 4) is 17.3 Å². The van der Waals surface area contributed by atoms with Crippen molar-refractivity contribution in [1.82, 2.24) is 14.8 Å². The second-order valence-electron chi connectivity index (χ2n) is 7.82. The Balaban J connectivity index is 1.39. The fourth-order valence-electron chi connectivity index (χ4n) is 3.30. The van der Waals surface area contributed by atoms with E-state index >= 15 is 0 Å². The molecule has 2 heterocycles. The van der Waals surface area contributed by atoms with Crippen LogP contribution in [0.1, 0.15) is 28.8 Å². The van der Waals surface area contributed by atoms with Gasteiger partial charge in [-0.25, -0.2) is 14.5 Å². The minimum absolute atomic E-state index is 0.0983. The first-order chi connectivity index (χ1) is 16.8. The van der Waals surface area contributed by atoms with E-state index in [1.807, 2.05) is 50.2 Å². The Bertz CT molecular complexity index is 1350. The summed E-state index contributed by atoms with van der Waals surface area (Å²) in [5.41, 5.74) is 2.10. The number of nitrogens with zero attached hydrogens (tertiary/aromatic N) is 3. The molecule has 1 amide bonds. The molecule has 0 saturated heterocycles. The highest BCUT2D eigenvalue weighted by Crippen LogP contribution is 2.23. The van der Waals surface area contributed by atoms with Gasteiger partial charge in [-0.05, 0) is 75.4 Å². The minimum atomic E-state index is -1.09. The van der Waals surface area contributed by atoms with Gasteiger partial charge < -0.3 is 14.8 Å². The summed E-state index contributed by atoms with van der Waals surface area (Å²) >= 11 is 6.18. The van der Waals surface area contributed by atoms with E-state index in [0.29, 0.717) is 23.0 Å². The Morgan fingerprint density at radius 2 is 1.66 bits per heavy atom. The smallest absolute Gasteiger partial charge is 0.359 e. The summed E-state index contributed by atoms with van der Waals surface area (Å²) in [7, 11) is 0. The summed E-state index contributed by atoms with van der Waals surface area (Å²) in [6, 6.07) is 21.3. The van der Waals surface area contributed by atoms with Crippen LogP contribution in [0, 0.1) is 13.8 Å². The molecule has 2 aromatic heterocycles. The molecule has 0 fully saturated rings. The van der Waals surface area contributed by atoms with E-state index in [1.54, 1.807) is 41.1 Å². The topological polar surface area (TPSA) is 95.3 Å². The fourth-order valence-corrected chi connectivity index (χ4v) is 3.48. The van der Waals surface area contributed by atoms with Crippen LogP contribution in [0.25, 0.3) is 5.82 Å². The largest absolute Gasteiger partial charge is 0.457 e. The number of para-hydroxylation sites is 1. The number of esters is 1. The van der Waals surface area contributed by atoms with Crippen molar-refractivity contribution in [2.75, 3.05) is 5.32 Å². The molecule has 0 aliphatic heterocycles. The third-order valence-corrected chi connectivity index (χ3v) is 5.31. The number of carbonyl (C=O) groups is 2. The molecule has 0 saturated carbocycles. The van der Waals surface area contributed by atoms with Crippen molar-refractivity contribution in [3.63, 3.8) is 0 Å². The lowest BCUT2D eigenvalue weighted by Gasteiger charge is -2.14. The Kier molecular flexibility index (Phi) is 7.12. The number of carbonyl (C=O) groups excluding carboxylic acids is 2. The normalized spacial score (nSPS) is 11.5. The van der Waals surface area contributed by atoms with Crippen LogP contribution in [0.15, 0.2) is 72.8 Å². The maximum Gasteiger partial charge on any atom is 0.359 e. The highest BCUT2D eigenvalue weighted by Gasteiger charge is 2.23. The zero-order chi connectivity index (χ0) is 24.9. The Labute approximate surface area is 207 Å². The van der Waals surface area contributed by atoms with Gasteiger partial charge in [-0.15, -0.1) is 0 Å². The van der Waals surface area contributed by atoms with Gasteiger partial charge in [0.05, 0.1) is 10.7 Å². The first-order valence-electron chi connectivity index (χ1n) is 10.8. The summed E-state index contributed by atoms with van der Waals surface area (Å²) in [6.45, 7) is 5.21. The van der Waals surface area contributed by atoms with Crippen LogP contribution in [0.2, 0.25) is 5.02 Å². The van der Waals surface area contributed by atoms with Crippen LogP contribution in [0.3, 0.4) is 0 Å². The summed E-state index contributed by atoms with van der Waals surface area (Å²) in [4.78, 5) is 29.6. The van der Waals surface area contributed by atoms with E-state index in [2.05, 4.69) is 15.4 Å². The van der Waals surface area contributed by atoms with Crippen molar-refractivity contribution >= 4 is 29.2 Å². The molecular formula is C26H23ClN4O4. The Hall–Kier alpha value is -4.17. The van der Waals surface area contributed by atoms with Crippen LogP contribution in [0.5, 0.6) is 11.5 Å². The molecule has 35 heavy (non-hydrogen) atoms. The van der Waals surface area contributed by atoms with Crippen LogP contribution in [0.4, 0.5) is 5.69 Å². The van der Waals surface area contributed by atoms with Crippen molar-refractivity contribution in [2.45, 2.75) is 26.9 Å². The van der Waals surface area contributed by atoms with Crippen LogP contribution in [-0.2, 0) is 9.53 Å². The lowest BCUT2D eigenvalue weighted by atomic mass is 10.2. The van der Waals surface area contributed by atoms with E-state index in [4.69, 9.17) is 21.1 Å². The molecule has 8 nitrogen and oxygen atoms in total. The zero-order valence-corrected chi connectivity index (χ0v) is 20.1. The third kappa shape index (κ3) is 5.85. The van der Waals surface area contributed by atoms with E-state index in [0.717, 1.165) is 11.4 Å². The predicted octanol–water partition coefficient (Wildman–Crippen LogP) is 5.51. The number of ether oxygens (including phenoxy) is 2. The average Bonchev–Trinajstić information content (AvgIpc) is 3.19. The van der Waals surface area contributed by atoms with Crippen molar-refractivity contribution in [1.29, 1.82) is 0 Å². The second-order valence-corrected chi connectivity index (χ2v) is 8.22. The van der Waals surface area contributed by atoms with Gasteiger partial charge in [0.15, 0.2) is 17.6 Å². The molecule has 1 N–H and O–H groups in total. The molecule has 0 aliphatic rings. The molecule has 178 valence electrons. The third-order valence-electron chi connectivity index (χ3n) is 5.01. The first kappa shape index (κ1) is 24.0. The van der Waals surface area contributed by atoms with Gasteiger partial charge in [0, 0.05) is 11.4 Å². The van der Waals surface area contributed by atoms with Crippen molar-refractivity contribution in [3.05, 3.63) is 94.9 Å². The van der Waals surface area contributed by atoms with Gasteiger partial charge in [-0.3, -0.25) is 4.79 Å². The number of halogens is 1. The lowest BCUT2D eigenvalue weighted by molar-refractivity contribution is -0.123. The first-order valence-corrected chi connectivity index (χ1v) is 11.2. The SMILES string of the molecule is Cc1cc(C)n(-c2ccc(Cl)c(C(=O)OC(C)C(=O)Nc3ccc(Oc4ccccc4)cc3)n2)n1. The average molecular weight is 491 g/mol. The van der Waals surface area contributed by atoms with Crippen molar-refractivity contribution in [2.24, 2.45) is 0 Å². The lowest BCUT2D eigenvalue weighted by Crippen LogP contribution is -2.30. The molecule has 0 spiro atoms. The molecule has 4 rings (SSSR count). The summed E-state index contributed by atoms with van der Waals surface area (Å²) in [5.74, 6) is 0.436. The van der Waals surface area contributed by atoms with Gasteiger partial charge in [-0.2, -0.15) is 5.10 Å². The number of anilines is 1. The van der Waals surface area contributed by atoms with E-state index in [1.165, 1.54) is 6.92 Å². The maximum absolute atomic E-state index is 12.7. The number of amides is 1. The summed E-state index contributed by atoms with van der Waals surface area (Å²) in [5, 5.41) is 7.19. The van der Waals surface area contributed by atoms with Gasteiger partial charge in [-0.1, -0.05) is 29.8 Å². The number of nitrogens with one attached hydrogen (secondary N) is 1. The molecule has 1 unspecified atom stereocenters. The zero-order valence-electron chi connectivity index (χ0n) is 19.4. The number of aryl methyl sites for hydroxylation is 2. The summed E-state index contributed by atoms with van der Waals surface area (Å²) in [6.07, 6.45) is -1.09. The second kappa shape index (κ2) is 10.4. The molecule has 0 bridgehead atoms. The van der Waals surface area contributed by atoms with Gasteiger partial charge in [0.1, 0.15) is 11.5 Å². The van der Waals surface area contributed by atoms with E-state index in [9.17, 15) is 9.59 Å². The highest BCUT2D eigenvalue weighted by molar-refractivity contribution is 6.33. The molecule has 0 radical (unpaired) electrons. The highest BCUT2D eigenvalue weighted by atomic mass is 35.5. The molecule has 9 heteroatoms. The van der Waals surface area contributed by atoms with Gasteiger partial charge in [0.2, 0.25) is 0 Å². The number of benzene rings is 2. The quantitative estimate of drug-likeness (QED) is 0.343. The predicted molar refractivity (Wildman–Crippen MR) is 132 cm³/mol. The number of pyridine rings is 1. The van der Waals surface area contributed by atoms with E-state index in [-0.39, 0.29) is 10.7 Å². The van der Waals surface area contributed by atoms with Crippen LogP contribution in [-0.4, -0.2) is 32.7 Å². The van der Waals surface area contributed by atoms with Crippen LogP contribution < -0.4 is 10.1 Å². The summed E-state index contributed by atoms with van der Waals surface area (Å²) < 4.78 is 12.7. The van der Waals surface area contributed by atoms with Gasteiger partial charge >= 0.3 is 5.97 Å². The fraction of sp³-hybridized carbons (Fsp3) is 0.154. The number of hydrogen-bond donors (Lipinski definition) is 1. The monoisotopic (exact) mass is 490 g/mol. The van der Waals surface area contributed by atoms with Crippen LogP contribution >= 0.6 is 11.6 Å². The molecular weight excluding hydrogens is 468 g/mol. The molecule has 4 aromatic rings. The van der Waals surface area contributed by atoms with E-state index < -0.39 is 18.0 Å². The number of rotatable bonds is 7. The molecule has 0 aliphatic carbocycles. The maximum atomic E-state index is 12.7. The Morgan fingerprint density at radius 3 is 2.31 bits per heavy atom. The number of aromatic nitrogens is 3. The van der Waals surface area contributed by atoms with Gasteiger partial charge in [0.25, 0.3) is 5.91 Å². The minimum Gasteiger partial charge on any atom is -0.457 e. The Morgan fingerprint density at radius 1 is 0.971 bits per heavy atom. The number of hydrogen-bond acceptors (Lipinski definition) is 6. The molecule has 1 atom stereocenters.